The van der Waals surface area contributed by atoms with Gasteiger partial charge in [-0.3, -0.25) is 4.79 Å². The molecule has 3 amide bonds. The zero-order valence-corrected chi connectivity index (χ0v) is 17.8. The van der Waals surface area contributed by atoms with Crippen LogP contribution in [0.3, 0.4) is 0 Å². The summed E-state index contributed by atoms with van der Waals surface area (Å²) in [5, 5.41) is 8.45. The van der Waals surface area contributed by atoms with Crippen LogP contribution in [0.15, 0.2) is 66.2 Å². The molecule has 3 aromatic rings. The van der Waals surface area contributed by atoms with Gasteiger partial charge in [-0.05, 0) is 30.3 Å². The molecule has 1 aromatic heterocycles. The quantitative estimate of drug-likeness (QED) is 0.608. The summed E-state index contributed by atoms with van der Waals surface area (Å²) in [5.41, 5.74) is 1.08. The molecular formula is C23H24N4O3S. The van der Waals surface area contributed by atoms with Gasteiger partial charge in [-0.2, -0.15) is 0 Å². The number of rotatable bonds is 6. The van der Waals surface area contributed by atoms with E-state index in [2.05, 4.69) is 15.6 Å². The van der Waals surface area contributed by atoms with E-state index >= 15 is 0 Å². The monoisotopic (exact) mass is 436 g/mol. The van der Waals surface area contributed by atoms with Crippen molar-refractivity contribution in [1.29, 1.82) is 0 Å². The molecule has 8 heteroatoms. The summed E-state index contributed by atoms with van der Waals surface area (Å²) >= 11 is 1.49. The third-order valence-corrected chi connectivity index (χ3v) is 5.81. The van der Waals surface area contributed by atoms with Gasteiger partial charge in [-0.1, -0.05) is 24.3 Å². The number of piperidine rings is 1. The van der Waals surface area contributed by atoms with Gasteiger partial charge in [0.05, 0.1) is 6.54 Å². The van der Waals surface area contributed by atoms with Crippen molar-refractivity contribution in [2.45, 2.75) is 25.5 Å². The van der Waals surface area contributed by atoms with Crippen molar-refractivity contribution < 1.29 is 14.3 Å². The molecule has 1 aliphatic rings. The number of nitrogens with zero attached hydrogens (tertiary/aromatic N) is 2. The zero-order chi connectivity index (χ0) is 21.5. The highest BCUT2D eigenvalue weighted by atomic mass is 32.1. The molecule has 160 valence electrons. The number of hydrogen-bond donors (Lipinski definition) is 2. The standard InChI is InChI=1S/C23H24N4O3S/c28-22(25-16-21-24-11-14-31-21)17-5-4-6-18(15-17)26-23(29)27-12-9-20(10-13-27)30-19-7-2-1-3-8-19/h1-8,11,14-15,20H,9-10,12-13,16H2,(H,25,28)(H,26,29). The molecule has 1 fully saturated rings. The van der Waals surface area contributed by atoms with E-state index in [0.29, 0.717) is 30.9 Å². The first kappa shape index (κ1) is 20.9. The Morgan fingerprint density at radius 3 is 2.65 bits per heavy atom. The minimum absolute atomic E-state index is 0.108. The van der Waals surface area contributed by atoms with Crippen molar-refractivity contribution in [3.05, 3.63) is 76.7 Å². The number of benzene rings is 2. The number of nitrogens with one attached hydrogen (secondary N) is 2. The van der Waals surface area contributed by atoms with Crippen LogP contribution in [-0.4, -0.2) is 41.0 Å². The van der Waals surface area contributed by atoms with Crippen molar-refractivity contribution in [3.63, 3.8) is 0 Å². The highest BCUT2D eigenvalue weighted by molar-refractivity contribution is 7.09. The van der Waals surface area contributed by atoms with Crippen LogP contribution in [0.5, 0.6) is 5.75 Å². The van der Waals surface area contributed by atoms with E-state index in [1.54, 1.807) is 35.4 Å². The molecule has 4 rings (SSSR count). The molecular weight excluding hydrogens is 412 g/mol. The fourth-order valence-corrected chi connectivity index (χ4v) is 3.96. The molecule has 31 heavy (non-hydrogen) atoms. The first-order valence-corrected chi connectivity index (χ1v) is 11.1. The molecule has 0 spiro atoms. The second-order valence-electron chi connectivity index (χ2n) is 7.24. The first-order chi connectivity index (χ1) is 15.2. The molecule has 2 aromatic carbocycles. The molecule has 0 radical (unpaired) electrons. The number of hydrogen-bond acceptors (Lipinski definition) is 5. The van der Waals surface area contributed by atoms with Gasteiger partial charge in [0.15, 0.2) is 0 Å². The van der Waals surface area contributed by atoms with Crippen molar-refractivity contribution >= 4 is 29.0 Å². The van der Waals surface area contributed by atoms with Crippen LogP contribution in [-0.2, 0) is 6.54 Å². The summed E-state index contributed by atoms with van der Waals surface area (Å²) < 4.78 is 5.99. The summed E-state index contributed by atoms with van der Waals surface area (Å²) in [6.45, 7) is 1.63. The fourth-order valence-electron chi connectivity index (χ4n) is 3.41. The Kier molecular flexibility index (Phi) is 6.78. The SMILES string of the molecule is O=C(NCc1nccs1)c1cccc(NC(=O)N2CCC(Oc3ccccc3)CC2)c1. The lowest BCUT2D eigenvalue weighted by Gasteiger charge is -2.32. The summed E-state index contributed by atoms with van der Waals surface area (Å²) in [6, 6.07) is 16.5. The molecule has 1 aliphatic heterocycles. The van der Waals surface area contributed by atoms with Gasteiger partial charge in [0.1, 0.15) is 16.9 Å². The third kappa shape index (κ3) is 5.82. The number of carbonyl (C=O) groups is 2. The maximum Gasteiger partial charge on any atom is 0.321 e. The lowest BCUT2D eigenvalue weighted by atomic mass is 10.1. The summed E-state index contributed by atoms with van der Waals surface area (Å²) in [4.78, 5) is 31.0. The average molecular weight is 437 g/mol. The normalized spacial score (nSPS) is 14.1. The largest absolute Gasteiger partial charge is 0.490 e. The lowest BCUT2D eigenvalue weighted by molar-refractivity contribution is 0.0950. The van der Waals surface area contributed by atoms with Crippen LogP contribution in [0.2, 0.25) is 0 Å². The number of thiazole rings is 1. The number of amides is 3. The average Bonchev–Trinajstić information content (AvgIpc) is 3.32. The topological polar surface area (TPSA) is 83.6 Å². The summed E-state index contributed by atoms with van der Waals surface area (Å²) in [6.07, 6.45) is 3.37. The van der Waals surface area contributed by atoms with Gasteiger partial charge < -0.3 is 20.3 Å². The number of likely N-dealkylation sites (tertiary alicyclic amines) is 1. The van der Waals surface area contributed by atoms with Crippen molar-refractivity contribution in [2.75, 3.05) is 18.4 Å². The van der Waals surface area contributed by atoms with E-state index in [1.807, 2.05) is 35.7 Å². The van der Waals surface area contributed by atoms with Gasteiger partial charge in [0, 0.05) is 48.8 Å². The number of aromatic nitrogens is 1. The van der Waals surface area contributed by atoms with Gasteiger partial charge in [0.2, 0.25) is 0 Å². The molecule has 0 bridgehead atoms. The Morgan fingerprint density at radius 1 is 1.10 bits per heavy atom. The van der Waals surface area contributed by atoms with E-state index in [9.17, 15) is 9.59 Å². The molecule has 0 aliphatic carbocycles. The summed E-state index contributed by atoms with van der Waals surface area (Å²) in [5.74, 6) is 0.653. The second-order valence-corrected chi connectivity index (χ2v) is 8.22. The Morgan fingerprint density at radius 2 is 1.90 bits per heavy atom. The predicted octanol–water partition coefficient (Wildman–Crippen LogP) is 4.15. The Bertz CT molecular complexity index is 1000. The Balaban J connectivity index is 1.27. The zero-order valence-electron chi connectivity index (χ0n) is 17.0. The molecule has 0 atom stereocenters. The van der Waals surface area contributed by atoms with Crippen molar-refractivity contribution in [2.24, 2.45) is 0 Å². The molecule has 7 nitrogen and oxygen atoms in total. The third-order valence-electron chi connectivity index (χ3n) is 5.03. The van der Waals surface area contributed by atoms with Crippen LogP contribution < -0.4 is 15.4 Å². The number of anilines is 1. The van der Waals surface area contributed by atoms with E-state index in [-0.39, 0.29) is 18.0 Å². The van der Waals surface area contributed by atoms with Gasteiger partial charge >= 0.3 is 6.03 Å². The van der Waals surface area contributed by atoms with Crippen LogP contribution in [0.1, 0.15) is 28.2 Å². The molecule has 0 saturated carbocycles. The van der Waals surface area contributed by atoms with Crippen LogP contribution >= 0.6 is 11.3 Å². The van der Waals surface area contributed by atoms with E-state index < -0.39 is 0 Å². The first-order valence-electron chi connectivity index (χ1n) is 10.2. The Hall–Kier alpha value is -3.39. The number of ether oxygens (including phenoxy) is 1. The minimum Gasteiger partial charge on any atom is -0.490 e. The number of urea groups is 1. The maximum absolute atomic E-state index is 12.7. The highest BCUT2D eigenvalue weighted by Gasteiger charge is 2.24. The van der Waals surface area contributed by atoms with Gasteiger partial charge in [-0.15, -0.1) is 11.3 Å². The Labute approximate surface area is 185 Å². The van der Waals surface area contributed by atoms with Crippen LogP contribution in [0.4, 0.5) is 10.5 Å². The molecule has 2 heterocycles. The van der Waals surface area contributed by atoms with Crippen LogP contribution in [0.25, 0.3) is 0 Å². The predicted molar refractivity (Wildman–Crippen MR) is 120 cm³/mol. The van der Waals surface area contributed by atoms with Gasteiger partial charge in [0.25, 0.3) is 5.91 Å². The summed E-state index contributed by atoms with van der Waals surface area (Å²) in [7, 11) is 0. The second kappa shape index (κ2) is 10.1. The molecule has 2 N–H and O–H groups in total. The molecule has 1 saturated heterocycles. The minimum atomic E-state index is -0.204. The van der Waals surface area contributed by atoms with Crippen molar-refractivity contribution in [1.82, 2.24) is 15.2 Å². The lowest BCUT2D eigenvalue weighted by Crippen LogP contribution is -2.43. The van der Waals surface area contributed by atoms with Crippen molar-refractivity contribution in [3.8, 4) is 5.75 Å². The number of carbonyl (C=O) groups excluding carboxylic acids is 2. The van der Waals surface area contributed by atoms with E-state index in [1.165, 1.54) is 11.3 Å². The number of para-hydroxylation sites is 1. The maximum atomic E-state index is 12.7. The van der Waals surface area contributed by atoms with E-state index in [4.69, 9.17) is 4.74 Å². The van der Waals surface area contributed by atoms with E-state index in [0.717, 1.165) is 23.6 Å². The molecule has 0 unspecified atom stereocenters. The van der Waals surface area contributed by atoms with Gasteiger partial charge in [-0.25, -0.2) is 9.78 Å². The smallest absolute Gasteiger partial charge is 0.321 e. The van der Waals surface area contributed by atoms with Crippen LogP contribution in [0, 0.1) is 0 Å². The highest BCUT2D eigenvalue weighted by Crippen LogP contribution is 2.20. The fraction of sp³-hybridized carbons (Fsp3) is 0.261.